The fourth-order valence-corrected chi connectivity index (χ4v) is 2.07. The van der Waals surface area contributed by atoms with Gasteiger partial charge in [0, 0.05) is 11.8 Å². The van der Waals surface area contributed by atoms with Crippen LogP contribution in [0, 0.1) is 22.9 Å². The molecule has 0 aliphatic carbocycles. The van der Waals surface area contributed by atoms with Crippen LogP contribution in [-0.4, -0.2) is 28.0 Å². The molecule has 0 saturated carbocycles. The molecule has 0 radical (unpaired) electrons. The number of ether oxygens (including phenoxy) is 1. The number of nitro groups is 1. The molecule has 8 nitrogen and oxygen atoms in total. The van der Waals surface area contributed by atoms with E-state index in [4.69, 9.17) is 4.74 Å². The summed E-state index contributed by atoms with van der Waals surface area (Å²) in [4.78, 5) is 33.9. The van der Waals surface area contributed by atoms with Gasteiger partial charge in [0.25, 0.3) is 5.91 Å². The molecular weight excluding hydrogens is 347 g/mol. The van der Waals surface area contributed by atoms with Crippen LogP contribution in [0.25, 0.3) is 0 Å². The molecule has 1 atom stereocenters. The van der Waals surface area contributed by atoms with Crippen molar-refractivity contribution in [3.8, 4) is 5.75 Å². The number of carbonyl (C=O) groups excluding carboxylic acids is 2. The number of hydrogen-bond donors (Lipinski definition) is 2. The molecule has 0 unspecified atom stereocenters. The van der Waals surface area contributed by atoms with E-state index < -0.39 is 34.4 Å². The number of nitrogens with zero attached hydrogens (tertiary/aromatic N) is 1. The first kappa shape index (κ1) is 18.8. The topological polar surface area (TPSA) is 119 Å². The molecule has 0 saturated heterocycles. The predicted octanol–water partition coefficient (Wildman–Crippen LogP) is 2.93. The van der Waals surface area contributed by atoms with Crippen molar-refractivity contribution in [3.63, 3.8) is 0 Å². The van der Waals surface area contributed by atoms with Gasteiger partial charge < -0.3 is 15.2 Å². The second kappa shape index (κ2) is 7.60. The van der Waals surface area contributed by atoms with E-state index in [0.717, 1.165) is 18.2 Å². The summed E-state index contributed by atoms with van der Waals surface area (Å²) >= 11 is 0. The van der Waals surface area contributed by atoms with Gasteiger partial charge in [-0.1, -0.05) is 11.6 Å². The van der Waals surface area contributed by atoms with Gasteiger partial charge in [-0.25, -0.2) is 4.79 Å². The standard InChI is InChI=1S/C17H15FN2O6/c1-9-3-6-15(21)12(7-9)17(23)26-10(2)16(22)19-11-4-5-13(18)14(8-11)20(24)25/h3-8,10,21H,1-2H3,(H,19,22)/t10-/m1/s1. The Hall–Kier alpha value is -3.49. The molecule has 0 bridgehead atoms. The molecule has 2 aromatic rings. The predicted molar refractivity (Wildman–Crippen MR) is 89.4 cm³/mol. The molecule has 0 heterocycles. The molecule has 0 aliphatic heterocycles. The first-order valence-corrected chi connectivity index (χ1v) is 7.44. The molecule has 0 aliphatic rings. The lowest BCUT2D eigenvalue weighted by Gasteiger charge is -2.14. The van der Waals surface area contributed by atoms with E-state index in [-0.39, 0.29) is 17.0 Å². The van der Waals surface area contributed by atoms with Gasteiger partial charge in [0.2, 0.25) is 5.82 Å². The number of aromatic hydroxyl groups is 1. The highest BCUT2D eigenvalue weighted by atomic mass is 19.1. The molecule has 2 N–H and O–H groups in total. The van der Waals surface area contributed by atoms with Crippen LogP contribution in [0.2, 0.25) is 0 Å². The fourth-order valence-electron chi connectivity index (χ4n) is 2.07. The van der Waals surface area contributed by atoms with Gasteiger partial charge in [0.05, 0.1) is 4.92 Å². The minimum Gasteiger partial charge on any atom is -0.507 e. The number of nitrogens with one attached hydrogen (secondary N) is 1. The lowest BCUT2D eigenvalue weighted by Crippen LogP contribution is -2.30. The molecule has 2 aromatic carbocycles. The Morgan fingerprint density at radius 3 is 2.62 bits per heavy atom. The van der Waals surface area contributed by atoms with Crippen LogP contribution in [0.1, 0.15) is 22.8 Å². The van der Waals surface area contributed by atoms with Crippen molar-refractivity contribution < 1.29 is 28.7 Å². The fraction of sp³-hybridized carbons (Fsp3) is 0.176. The molecule has 0 fully saturated rings. The van der Waals surface area contributed by atoms with Crippen molar-refractivity contribution in [3.05, 3.63) is 63.5 Å². The molecule has 26 heavy (non-hydrogen) atoms. The van der Waals surface area contributed by atoms with E-state index in [1.165, 1.54) is 19.1 Å². The number of hydrogen-bond acceptors (Lipinski definition) is 6. The number of aryl methyl sites for hydroxylation is 1. The van der Waals surface area contributed by atoms with Crippen molar-refractivity contribution in [2.45, 2.75) is 20.0 Å². The average Bonchev–Trinajstić information content (AvgIpc) is 2.58. The van der Waals surface area contributed by atoms with Gasteiger partial charge in [0.15, 0.2) is 6.10 Å². The van der Waals surface area contributed by atoms with Gasteiger partial charge in [-0.05, 0) is 38.1 Å². The Labute approximate surface area is 147 Å². The summed E-state index contributed by atoms with van der Waals surface area (Å²) in [5, 5.41) is 22.7. The number of anilines is 1. The van der Waals surface area contributed by atoms with E-state index in [1.54, 1.807) is 13.0 Å². The number of phenolic OH excluding ortho intramolecular Hbond substituents is 1. The summed E-state index contributed by atoms with van der Waals surface area (Å²) < 4.78 is 18.3. The zero-order valence-corrected chi connectivity index (χ0v) is 13.9. The Kier molecular flexibility index (Phi) is 5.51. The summed E-state index contributed by atoms with van der Waals surface area (Å²) in [7, 11) is 0. The Morgan fingerprint density at radius 2 is 1.96 bits per heavy atom. The molecule has 0 spiro atoms. The Bertz CT molecular complexity index is 884. The number of halogens is 1. The monoisotopic (exact) mass is 362 g/mol. The summed E-state index contributed by atoms with van der Waals surface area (Å²) in [5.41, 5.74) is -0.200. The third kappa shape index (κ3) is 4.32. The minimum atomic E-state index is -1.26. The lowest BCUT2D eigenvalue weighted by molar-refractivity contribution is -0.387. The number of amides is 1. The number of rotatable bonds is 5. The summed E-state index contributed by atoms with van der Waals surface area (Å²) in [6, 6.07) is 7.17. The van der Waals surface area contributed by atoms with Gasteiger partial charge in [0.1, 0.15) is 11.3 Å². The maximum atomic E-state index is 13.3. The van der Waals surface area contributed by atoms with Crippen molar-refractivity contribution in [1.82, 2.24) is 0 Å². The maximum absolute atomic E-state index is 13.3. The second-order valence-corrected chi connectivity index (χ2v) is 5.48. The summed E-state index contributed by atoms with van der Waals surface area (Å²) in [5.74, 6) is -3.00. The number of phenols is 1. The quantitative estimate of drug-likeness (QED) is 0.479. The van der Waals surface area contributed by atoms with E-state index in [2.05, 4.69) is 5.32 Å². The minimum absolute atomic E-state index is 0.0237. The molecule has 136 valence electrons. The average molecular weight is 362 g/mol. The van der Waals surface area contributed by atoms with Crippen LogP contribution >= 0.6 is 0 Å². The van der Waals surface area contributed by atoms with Gasteiger partial charge >= 0.3 is 11.7 Å². The third-order valence-electron chi connectivity index (χ3n) is 3.44. The molecular formula is C17H15FN2O6. The number of carbonyl (C=O) groups is 2. The van der Waals surface area contributed by atoms with Crippen LogP contribution in [0.5, 0.6) is 5.75 Å². The zero-order valence-electron chi connectivity index (χ0n) is 13.9. The maximum Gasteiger partial charge on any atom is 0.342 e. The van der Waals surface area contributed by atoms with Crippen LogP contribution < -0.4 is 5.32 Å². The largest absolute Gasteiger partial charge is 0.507 e. The highest BCUT2D eigenvalue weighted by Gasteiger charge is 2.22. The molecule has 0 aromatic heterocycles. The number of benzene rings is 2. The third-order valence-corrected chi connectivity index (χ3v) is 3.44. The highest BCUT2D eigenvalue weighted by molar-refractivity contribution is 5.98. The van der Waals surface area contributed by atoms with Gasteiger partial charge in [-0.3, -0.25) is 14.9 Å². The number of nitro benzene ring substituents is 1. The summed E-state index contributed by atoms with van der Waals surface area (Å²) in [6.07, 6.45) is -1.26. The second-order valence-electron chi connectivity index (χ2n) is 5.48. The smallest absolute Gasteiger partial charge is 0.342 e. The zero-order chi connectivity index (χ0) is 19.4. The molecule has 9 heteroatoms. The van der Waals surface area contributed by atoms with Crippen molar-refractivity contribution in [1.29, 1.82) is 0 Å². The van der Waals surface area contributed by atoms with Crippen LogP contribution in [0.3, 0.4) is 0 Å². The van der Waals surface area contributed by atoms with Gasteiger partial charge in [-0.2, -0.15) is 4.39 Å². The van der Waals surface area contributed by atoms with Crippen molar-refractivity contribution in [2.24, 2.45) is 0 Å². The first-order chi connectivity index (χ1) is 12.2. The first-order valence-electron chi connectivity index (χ1n) is 7.44. The SMILES string of the molecule is Cc1ccc(O)c(C(=O)O[C@H](C)C(=O)Nc2ccc(F)c([N+](=O)[O-])c2)c1. The van der Waals surface area contributed by atoms with Crippen LogP contribution in [0.4, 0.5) is 15.8 Å². The van der Waals surface area contributed by atoms with Crippen LogP contribution in [0.15, 0.2) is 36.4 Å². The molecule has 1 amide bonds. The van der Waals surface area contributed by atoms with Crippen molar-refractivity contribution in [2.75, 3.05) is 5.32 Å². The van der Waals surface area contributed by atoms with E-state index in [9.17, 15) is 29.2 Å². The summed E-state index contributed by atoms with van der Waals surface area (Å²) in [6.45, 7) is 3.01. The molecule has 2 rings (SSSR count). The normalized spacial score (nSPS) is 11.5. The highest BCUT2D eigenvalue weighted by Crippen LogP contribution is 2.22. The van der Waals surface area contributed by atoms with Crippen LogP contribution in [-0.2, 0) is 9.53 Å². The Morgan fingerprint density at radius 1 is 1.27 bits per heavy atom. The Balaban J connectivity index is 2.08. The van der Waals surface area contributed by atoms with E-state index in [0.29, 0.717) is 5.56 Å². The van der Waals surface area contributed by atoms with E-state index >= 15 is 0 Å². The van der Waals surface area contributed by atoms with E-state index in [1.807, 2.05) is 0 Å². The van der Waals surface area contributed by atoms with Gasteiger partial charge in [-0.15, -0.1) is 0 Å². The lowest BCUT2D eigenvalue weighted by atomic mass is 10.1. The van der Waals surface area contributed by atoms with Crippen molar-refractivity contribution >= 4 is 23.3 Å². The number of esters is 1.